The maximum absolute atomic E-state index is 11.9. The average molecular weight is 384 g/mol. The molecule has 4 N–H and O–H groups in total. The van der Waals surface area contributed by atoms with Gasteiger partial charge in [-0.3, -0.25) is 9.13 Å². The van der Waals surface area contributed by atoms with Gasteiger partial charge in [-0.25, -0.2) is 4.79 Å². The number of anilines is 1. The largest absolute Gasteiger partial charge is 0.387 e. The molecule has 2 heterocycles. The summed E-state index contributed by atoms with van der Waals surface area (Å²) in [5.74, 6) is 2.08. The van der Waals surface area contributed by atoms with Crippen molar-refractivity contribution in [3.63, 3.8) is 0 Å². The van der Waals surface area contributed by atoms with E-state index in [1.807, 2.05) is 0 Å². The molecule has 0 aliphatic carbocycles. The molecule has 0 amide bonds. The van der Waals surface area contributed by atoms with E-state index in [1.54, 1.807) is 0 Å². The Kier molecular flexibility index (Phi) is 5.38. The highest BCUT2D eigenvalue weighted by atomic mass is 35.9. The van der Waals surface area contributed by atoms with E-state index in [2.05, 4.69) is 15.4 Å². The van der Waals surface area contributed by atoms with Crippen LogP contribution in [0.2, 0.25) is 0 Å². The number of ether oxygens (including phenoxy) is 1. The summed E-state index contributed by atoms with van der Waals surface area (Å²) in [6, 6.07) is 0. The Morgan fingerprint density at radius 2 is 2.17 bits per heavy atom. The zero-order valence-electron chi connectivity index (χ0n) is 11.4. The fraction of sp³-hybridized carbons (Fsp3) is 0.455. The molecule has 0 aromatic carbocycles. The number of aliphatic hydroxyl groups excluding tert-OH is 2. The van der Waals surface area contributed by atoms with E-state index in [4.69, 9.17) is 39.4 Å². The van der Waals surface area contributed by atoms with E-state index in [0.29, 0.717) is 0 Å². The van der Waals surface area contributed by atoms with Gasteiger partial charge in [-0.05, 0) is 22.5 Å². The Balaban J connectivity index is 2.26. The van der Waals surface area contributed by atoms with Crippen molar-refractivity contribution in [2.75, 3.05) is 12.3 Å². The van der Waals surface area contributed by atoms with Gasteiger partial charge in [0.15, 0.2) is 6.23 Å². The average Bonchev–Trinajstić information content (AvgIpc) is 2.73. The van der Waals surface area contributed by atoms with Crippen molar-refractivity contribution < 1.29 is 24.0 Å². The molecule has 2 rings (SSSR count). The number of hydrogen-bond acceptors (Lipinski definition) is 8. The Labute approximate surface area is 140 Å². The molecule has 126 valence electrons. The molecule has 1 unspecified atom stereocenters. The monoisotopic (exact) mass is 383 g/mol. The molecule has 0 radical (unpaired) electrons. The molecule has 0 spiro atoms. The minimum absolute atomic E-state index is 0.112. The van der Waals surface area contributed by atoms with E-state index in [9.17, 15) is 19.6 Å². The summed E-state index contributed by atoms with van der Waals surface area (Å²) in [5.41, 5.74) is 4.76. The van der Waals surface area contributed by atoms with Crippen molar-refractivity contribution in [2.45, 2.75) is 24.5 Å². The van der Waals surface area contributed by atoms with Gasteiger partial charge in [0, 0.05) is 6.20 Å². The number of rotatable bonds is 4. The SMILES string of the molecule is C#Cc1cn([C@@H]2O[C@H](COP(=O)(Cl)Cl)[C@H](O)C2O)c(=O)nc1N. The fourth-order valence-corrected chi connectivity index (χ4v) is 2.69. The first-order chi connectivity index (χ1) is 10.6. The lowest BCUT2D eigenvalue weighted by Crippen LogP contribution is -2.36. The van der Waals surface area contributed by atoms with Crippen molar-refractivity contribution in [3.8, 4) is 12.3 Å². The first kappa shape index (κ1) is 18.2. The van der Waals surface area contributed by atoms with E-state index in [0.717, 1.165) is 4.57 Å². The third-order valence-corrected chi connectivity index (χ3v) is 4.17. The lowest BCUT2D eigenvalue weighted by atomic mass is 10.1. The summed E-state index contributed by atoms with van der Waals surface area (Å²) in [6.45, 7) is -0.460. The lowest BCUT2D eigenvalue weighted by molar-refractivity contribution is -0.0506. The minimum atomic E-state index is -3.84. The number of hydrogen-bond donors (Lipinski definition) is 3. The first-order valence-electron chi connectivity index (χ1n) is 6.15. The summed E-state index contributed by atoms with van der Waals surface area (Å²) in [5, 5.41) is 20.0. The van der Waals surface area contributed by atoms with Crippen molar-refractivity contribution >= 4 is 34.4 Å². The van der Waals surface area contributed by atoms with E-state index in [-0.39, 0.29) is 11.4 Å². The number of nitrogens with two attached hydrogens (primary N) is 1. The van der Waals surface area contributed by atoms with E-state index >= 15 is 0 Å². The molecule has 12 heteroatoms. The number of terminal acetylenes is 1. The van der Waals surface area contributed by atoms with E-state index < -0.39 is 42.9 Å². The third-order valence-electron chi connectivity index (χ3n) is 3.14. The van der Waals surface area contributed by atoms with Gasteiger partial charge in [0.25, 0.3) is 0 Å². The van der Waals surface area contributed by atoms with Gasteiger partial charge in [-0.2, -0.15) is 4.98 Å². The molecule has 1 aliphatic heterocycles. The summed E-state index contributed by atoms with van der Waals surface area (Å²) < 4.78 is 22.0. The molecule has 1 aromatic rings. The van der Waals surface area contributed by atoms with Gasteiger partial charge in [-0.15, -0.1) is 6.42 Å². The molecule has 1 aromatic heterocycles. The smallest absolute Gasteiger partial charge is 0.380 e. The molecule has 0 saturated carbocycles. The van der Waals surface area contributed by atoms with Gasteiger partial charge >= 0.3 is 11.8 Å². The number of aliphatic hydroxyl groups is 2. The molecule has 9 nitrogen and oxygen atoms in total. The van der Waals surface area contributed by atoms with Gasteiger partial charge in [0.1, 0.15) is 24.1 Å². The van der Waals surface area contributed by atoms with Crippen molar-refractivity contribution in [2.24, 2.45) is 0 Å². The predicted octanol–water partition coefficient (Wildman–Crippen LogP) is 0.0283. The van der Waals surface area contributed by atoms with Crippen LogP contribution < -0.4 is 11.4 Å². The standard InChI is InChI=1S/C11H12Cl2N3O6P/c1-2-5-3-16(11(19)15-9(5)14)10-8(18)7(17)6(22-10)4-21-23(12,13)20/h1,3,6-8,10,17-18H,4H2,(H2,14,15,19)/t6-,7+,8?,10-/m1/s1. The highest BCUT2D eigenvalue weighted by Crippen LogP contribution is 2.57. The summed E-state index contributed by atoms with van der Waals surface area (Å²) in [6.07, 6.45) is -2.80. The second kappa shape index (κ2) is 6.79. The Hall–Kier alpha value is -1.11. The number of aromatic nitrogens is 2. The second-order valence-corrected chi connectivity index (χ2v) is 8.91. The number of nitrogen functional groups attached to an aromatic ring is 1. The van der Waals surface area contributed by atoms with E-state index in [1.165, 1.54) is 6.20 Å². The molecule has 0 bridgehead atoms. The molecule has 4 atom stereocenters. The van der Waals surface area contributed by atoms with Crippen molar-refractivity contribution in [1.82, 2.24) is 9.55 Å². The van der Waals surface area contributed by atoms with Crippen LogP contribution in [0.5, 0.6) is 0 Å². The van der Waals surface area contributed by atoms with Gasteiger partial charge in [0.2, 0.25) is 0 Å². The van der Waals surface area contributed by atoms with Crippen LogP contribution in [0.4, 0.5) is 5.82 Å². The predicted molar refractivity (Wildman–Crippen MR) is 82.0 cm³/mol. The maximum atomic E-state index is 11.9. The third kappa shape index (κ3) is 4.05. The second-order valence-electron chi connectivity index (χ2n) is 4.63. The Bertz CT molecular complexity index is 744. The Morgan fingerprint density at radius 3 is 2.74 bits per heavy atom. The maximum Gasteiger partial charge on any atom is 0.380 e. The van der Waals surface area contributed by atoms with Gasteiger partial charge in [0.05, 0.1) is 12.2 Å². The van der Waals surface area contributed by atoms with Gasteiger partial charge < -0.3 is 25.2 Å². The normalized spacial score (nSPS) is 27.8. The number of nitrogens with zero attached hydrogens (tertiary/aromatic N) is 2. The van der Waals surface area contributed by atoms with Crippen LogP contribution >= 0.6 is 28.6 Å². The highest BCUT2D eigenvalue weighted by Gasteiger charge is 2.45. The highest BCUT2D eigenvalue weighted by molar-refractivity contribution is 8.05. The molecule has 1 saturated heterocycles. The van der Waals surface area contributed by atoms with Crippen LogP contribution in [0.25, 0.3) is 0 Å². The summed E-state index contributed by atoms with van der Waals surface area (Å²) in [7, 11) is 0. The molecule has 1 aliphatic rings. The van der Waals surface area contributed by atoms with Crippen LogP contribution in [0, 0.1) is 12.3 Å². The minimum Gasteiger partial charge on any atom is -0.387 e. The van der Waals surface area contributed by atoms with Crippen LogP contribution in [0.1, 0.15) is 11.8 Å². The summed E-state index contributed by atoms with van der Waals surface area (Å²) >= 11 is 10.5. The van der Waals surface area contributed by atoms with Crippen LogP contribution in [-0.2, 0) is 13.8 Å². The van der Waals surface area contributed by atoms with Crippen LogP contribution in [0.15, 0.2) is 11.0 Å². The topological polar surface area (TPSA) is 137 Å². The van der Waals surface area contributed by atoms with Crippen LogP contribution in [0.3, 0.4) is 0 Å². The fourth-order valence-electron chi connectivity index (χ4n) is 2.03. The number of halogens is 2. The van der Waals surface area contributed by atoms with Crippen molar-refractivity contribution in [3.05, 3.63) is 22.2 Å². The quantitative estimate of drug-likeness (QED) is 0.489. The first-order valence-corrected chi connectivity index (χ1v) is 9.58. The van der Waals surface area contributed by atoms with Gasteiger partial charge in [-0.1, -0.05) is 5.92 Å². The lowest BCUT2D eigenvalue weighted by Gasteiger charge is -2.17. The summed E-state index contributed by atoms with van der Waals surface area (Å²) in [4.78, 5) is 15.4. The molecule has 1 fully saturated rings. The van der Waals surface area contributed by atoms with Crippen LogP contribution in [-0.4, -0.2) is 44.7 Å². The molecular formula is C11H12Cl2N3O6P. The zero-order valence-corrected chi connectivity index (χ0v) is 13.8. The van der Waals surface area contributed by atoms with Crippen molar-refractivity contribution in [1.29, 1.82) is 0 Å². The molecular weight excluding hydrogens is 372 g/mol. The zero-order chi connectivity index (χ0) is 17.4. The molecule has 23 heavy (non-hydrogen) atoms. The Morgan fingerprint density at radius 1 is 1.52 bits per heavy atom.